The molecule has 0 spiro atoms. The SMILES string of the molecule is COc1cc(/C=C/c2ccccn2)ccc1OC(=O)c1cc([N+](=O)[O-])cc([N+](=O)[O-])c1. The summed E-state index contributed by atoms with van der Waals surface area (Å²) in [5.41, 5.74) is -0.0224. The third-order valence-corrected chi connectivity index (χ3v) is 4.08. The van der Waals surface area contributed by atoms with Gasteiger partial charge in [0, 0.05) is 18.3 Å². The van der Waals surface area contributed by atoms with Gasteiger partial charge in [0.1, 0.15) is 0 Å². The van der Waals surface area contributed by atoms with Gasteiger partial charge in [-0.3, -0.25) is 25.2 Å². The van der Waals surface area contributed by atoms with Crippen molar-refractivity contribution in [1.29, 1.82) is 0 Å². The molecule has 0 atom stereocenters. The highest BCUT2D eigenvalue weighted by molar-refractivity contribution is 5.93. The normalized spacial score (nSPS) is 10.6. The van der Waals surface area contributed by atoms with Crippen LogP contribution in [0.3, 0.4) is 0 Å². The van der Waals surface area contributed by atoms with E-state index in [1.54, 1.807) is 36.5 Å². The number of carbonyl (C=O) groups excluding carboxylic acids is 1. The van der Waals surface area contributed by atoms with Crippen LogP contribution in [0.4, 0.5) is 11.4 Å². The molecule has 10 nitrogen and oxygen atoms in total. The van der Waals surface area contributed by atoms with Crippen LogP contribution in [-0.4, -0.2) is 27.9 Å². The molecule has 3 rings (SSSR count). The molecule has 0 unspecified atom stereocenters. The Morgan fingerprint density at radius 1 is 0.935 bits per heavy atom. The lowest BCUT2D eigenvalue weighted by atomic mass is 10.1. The number of esters is 1. The molecule has 31 heavy (non-hydrogen) atoms. The van der Waals surface area contributed by atoms with Crippen LogP contribution in [0.15, 0.2) is 60.8 Å². The van der Waals surface area contributed by atoms with E-state index in [2.05, 4.69) is 4.98 Å². The Balaban J connectivity index is 1.85. The van der Waals surface area contributed by atoms with Crippen LogP contribution < -0.4 is 9.47 Å². The van der Waals surface area contributed by atoms with Gasteiger partial charge in [-0.1, -0.05) is 18.2 Å². The second-order valence-electron chi connectivity index (χ2n) is 6.14. The number of non-ortho nitro benzene ring substituents is 2. The number of methoxy groups -OCH3 is 1. The van der Waals surface area contributed by atoms with Crippen LogP contribution in [-0.2, 0) is 0 Å². The Hall–Kier alpha value is -4.60. The van der Waals surface area contributed by atoms with Crippen molar-refractivity contribution in [2.45, 2.75) is 0 Å². The van der Waals surface area contributed by atoms with Crippen LogP contribution in [0.5, 0.6) is 11.5 Å². The Morgan fingerprint density at radius 3 is 2.23 bits per heavy atom. The highest BCUT2D eigenvalue weighted by Gasteiger charge is 2.22. The molecule has 0 N–H and O–H groups in total. The predicted octanol–water partition coefficient (Wildman–Crippen LogP) is 4.30. The average molecular weight is 421 g/mol. The quantitative estimate of drug-likeness (QED) is 0.238. The molecule has 2 aromatic carbocycles. The first-order chi connectivity index (χ1) is 14.9. The van der Waals surface area contributed by atoms with Gasteiger partial charge in [0.25, 0.3) is 11.4 Å². The first kappa shape index (κ1) is 21.1. The molecular weight excluding hydrogens is 406 g/mol. The molecule has 10 heteroatoms. The molecule has 0 aliphatic rings. The smallest absolute Gasteiger partial charge is 0.344 e. The van der Waals surface area contributed by atoms with Crippen molar-refractivity contribution >= 4 is 29.5 Å². The van der Waals surface area contributed by atoms with Gasteiger partial charge in [-0.05, 0) is 35.9 Å². The van der Waals surface area contributed by atoms with E-state index in [-0.39, 0.29) is 17.1 Å². The van der Waals surface area contributed by atoms with Crippen molar-refractivity contribution in [3.8, 4) is 11.5 Å². The lowest BCUT2D eigenvalue weighted by molar-refractivity contribution is -0.394. The molecule has 1 aromatic heterocycles. The summed E-state index contributed by atoms with van der Waals surface area (Å²) in [6.07, 6.45) is 5.25. The number of nitro groups is 2. The summed E-state index contributed by atoms with van der Waals surface area (Å²) in [6.45, 7) is 0. The summed E-state index contributed by atoms with van der Waals surface area (Å²) in [4.78, 5) is 37.0. The Morgan fingerprint density at radius 2 is 1.65 bits per heavy atom. The topological polar surface area (TPSA) is 135 Å². The zero-order valence-electron chi connectivity index (χ0n) is 16.1. The fourth-order valence-corrected chi connectivity index (χ4v) is 2.61. The van der Waals surface area contributed by atoms with Gasteiger partial charge in [-0.2, -0.15) is 0 Å². The molecule has 0 fully saturated rings. The van der Waals surface area contributed by atoms with Gasteiger partial charge < -0.3 is 9.47 Å². The van der Waals surface area contributed by atoms with E-state index in [1.807, 2.05) is 12.1 Å². The lowest BCUT2D eigenvalue weighted by Gasteiger charge is -2.10. The van der Waals surface area contributed by atoms with Gasteiger partial charge in [0.15, 0.2) is 11.5 Å². The molecule has 0 bridgehead atoms. The van der Waals surface area contributed by atoms with E-state index >= 15 is 0 Å². The fourth-order valence-electron chi connectivity index (χ4n) is 2.61. The minimum atomic E-state index is -0.998. The number of hydrogen-bond acceptors (Lipinski definition) is 8. The maximum absolute atomic E-state index is 12.5. The van der Waals surface area contributed by atoms with Crippen LogP contribution in [0, 0.1) is 20.2 Å². The first-order valence-corrected chi connectivity index (χ1v) is 8.80. The predicted molar refractivity (Wildman–Crippen MR) is 111 cm³/mol. The van der Waals surface area contributed by atoms with E-state index in [0.717, 1.165) is 29.5 Å². The molecule has 0 saturated carbocycles. The second-order valence-corrected chi connectivity index (χ2v) is 6.14. The molecule has 3 aromatic rings. The molecule has 0 radical (unpaired) electrons. The summed E-state index contributed by atoms with van der Waals surface area (Å²) >= 11 is 0. The molecule has 0 aliphatic carbocycles. The number of aromatic nitrogens is 1. The summed E-state index contributed by atoms with van der Waals surface area (Å²) in [5.74, 6) is -0.713. The van der Waals surface area contributed by atoms with Gasteiger partial charge in [-0.15, -0.1) is 0 Å². The van der Waals surface area contributed by atoms with Crippen molar-refractivity contribution in [2.75, 3.05) is 7.11 Å². The van der Waals surface area contributed by atoms with Gasteiger partial charge in [0.05, 0.1) is 34.3 Å². The Bertz CT molecular complexity index is 1140. The summed E-state index contributed by atoms with van der Waals surface area (Å²) in [6, 6.07) is 12.9. The standard InChI is InChI=1S/C21H15N3O7/c1-30-20-10-14(5-7-16-4-2-3-9-22-16)6-8-19(20)31-21(25)15-11-17(23(26)27)13-18(12-15)24(28)29/h2-13H,1H3/b7-5+. The van der Waals surface area contributed by atoms with E-state index < -0.39 is 27.2 Å². The van der Waals surface area contributed by atoms with Crippen molar-refractivity contribution in [2.24, 2.45) is 0 Å². The molecule has 156 valence electrons. The molecular formula is C21H15N3O7. The lowest BCUT2D eigenvalue weighted by Crippen LogP contribution is -2.10. The number of nitro benzene ring substituents is 2. The number of ether oxygens (including phenoxy) is 2. The third-order valence-electron chi connectivity index (χ3n) is 4.08. The number of nitrogens with zero attached hydrogens (tertiary/aromatic N) is 3. The van der Waals surface area contributed by atoms with Crippen molar-refractivity contribution in [3.05, 3.63) is 97.8 Å². The van der Waals surface area contributed by atoms with Crippen molar-refractivity contribution in [3.63, 3.8) is 0 Å². The number of rotatable bonds is 7. The fraction of sp³-hybridized carbons (Fsp3) is 0.0476. The minimum Gasteiger partial charge on any atom is -0.493 e. The van der Waals surface area contributed by atoms with E-state index in [1.165, 1.54) is 13.2 Å². The Labute approximate surface area is 175 Å². The Kier molecular flexibility index (Phi) is 6.31. The zero-order valence-corrected chi connectivity index (χ0v) is 16.1. The molecule has 0 amide bonds. The summed E-state index contributed by atoms with van der Waals surface area (Å²) < 4.78 is 10.5. The van der Waals surface area contributed by atoms with E-state index in [0.29, 0.717) is 0 Å². The highest BCUT2D eigenvalue weighted by atomic mass is 16.6. The molecule has 0 saturated heterocycles. The number of hydrogen-bond donors (Lipinski definition) is 0. The van der Waals surface area contributed by atoms with E-state index in [9.17, 15) is 25.0 Å². The third kappa shape index (κ3) is 5.26. The van der Waals surface area contributed by atoms with Crippen LogP contribution in [0.25, 0.3) is 12.2 Å². The van der Waals surface area contributed by atoms with E-state index in [4.69, 9.17) is 9.47 Å². The first-order valence-electron chi connectivity index (χ1n) is 8.80. The van der Waals surface area contributed by atoms with Gasteiger partial charge in [-0.25, -0.2) is 4.79 Å². The number of carbonyl (C=O) groups is 1. The van der Waals surface area contributed by atoms with Crippen LogP contribution in [0.1, 0.15) is 21.6 Å². The summed E-state index contributed by atoms with van der Waals surface area (Å²) in [5, 5.41) is 22.0. The zero-order chi connectivity index (χ0) is 22.4. The van der Waals surface area contributed by atoms with Gasteiger partial charge >= 0.3 is 5.97 Å². The maximum atomic E-state index is 12.5. The number of pyridine rings is 1. The minimum absolute atomic E-state index is 0.0524. The van der Waals surface area contributed by atoms with Crippen LogP contribution in [0.2, 0.25) is 0 Å². The number of benzene rings is 2. The second kappa shape index (κ2) is 9.27. The van der Waals surface area contributed by atoms with Crippen LogP contribution >= 0.6 is 0 Å². The van der Waals surface area contributed by atoms with Crippen molar-refractivity contribution in [1.82, 2.24) is 4.98 Å². The summed E-state index contributed by atoms with van der Waals surface area (Å²) in [7, 11) is 1.39. The highest BCUT2D eigenvalue weighted by Crippen LogP contribution is 2.30. The van der Waals surface area contributed by atoms with Gasteiger partial charge in [0.2, 0.25) is 0 Å². The van der Waals surface area contributed by atoms with Crippen molar-refractivity contribution < 1.29 is 24.1 Å². The molecule has 0 aliphatic heterocycles. The largest absolute Gasteiger partial charge is 0.493 e. The average Bonchev–Trinajstić information content (AvgIpc) is 2.78. The molecule has 1 heterocycles. The maximum Gasteiger partial charge on any atom is 0.344 e. The monoisotopic (exact) mass is 421 g/mol.